The second kappa shape index (κ2) is 3.20. The van der Waals surface area contributed by atoms with Gasteiger partial charge in [0.05, 0.1) is 17.4 Å². The monoisotopic (exact) mass is 212 g/mol. The molecule has 3 aromatic rings. The van der Waals surface area contributed by atoms with Crippen LogP contribution in [-0.4, -0.2) is 19.4 Å². The number of aryl methyl sites for hydroxylation is 2. The van der Waals surface area contributed by atoms with E-state index < -0.39 is 0 Å². The van der Waals surface area contributed by atoms with Crippen molar-refractivity contribution in [2.45, 2.75) is 6.92 Å². The Morgan fingerprint density at radius 2 is 2.06 bits per heavy atom. The summed E-state index contributed by atoms with van der Waals surface area (Å²) in [6.07, 6.45) is 5.82. The van der Waals surface area contributed by atoms with E-state index in [1.807, 2.05) is 36.2 Å². The fourth-order valence-electron chi connectivity index (χ4n) is 1.83. The maximum absolute atomic E-state index is 4.37. The van der Waals surface area contributed by atoms with E-state index in [4.69, 9.17) is 0 Å². The third kappa shape index (κ3) is 1.31. The molecule has 0 spiro atoms. The predicted octanol–water partition coefficient (Wildman–Crippen LogP) is 2.04. The Morgan fingerprint density at radius 3 is 2.81 bits per heavy atom. The molecule has 16 heavy (non-hydrogen) atoms. The maximum atomic E-state index is 4.37. The van der Waals surface area contributed by atoms with Crippen molar-refractivity contribution < 1.29 is 0 Å². The summed E-state index contributed by atoms with van der Waals surface area (Å²) in [6.45, 7) is 2.06. The second-order valence-corrected chi connectivity index (χ2v) is 3.95. The Balaban J connectivity index is 2.18. The minimum Gasteiger partial charge on any atom is -0.275 e. The number of hydrogen-bond donors (Lipinski definition) is 0. The molecule has 0 aliphatic carbocycles. The summed E-state index contributed by atoms with van der Waals surface area (Å²) in [5.74, 6) is 0. The fraction of sp³-hybridized carbons (Fsp3) is 0.167. The molecule has 0 saturated carbocycles. The number of pyridine rings is 1. The maximum Gasteiger partial charge on any atom is 0.0938 e. The van der Waals surface area contributed by atoms with Gasteiger partial charge >= 0.3 is 0 Å². The van der Waals surface area contributed by atoms with Gasteiger partial charge < -0.3 is 0 Å². The molecule has 0 N–H and O–H groups in total. The molecular weight excluding hydrogens is 200 g/mol. The van der Waals surface area contributed by atoms with Crippen molar-refractivity contribution in [3.8, 4) is 11.3 Å². The number of nitrogens with zero attached hydrogens (tertiary/aromatic N) is 4. The van der Waals surface area contributed by atoms with Crippen LogP contribution in [0.1, 0.15) is 5.56 Å². The average molecular weight is 212 g/mol. The van der Waals surface area contributed by atoms with Gasteiger partial charge in [0.2, 0.25) is 0 Å². The molecule has 3 rings (SSSR count). The number of hydrogen-bond acceptors (Lipinski definition) is 2. The van der Waals surface area contributed by atoms with Gasteiger partial charge in [-0.3, -0.25) is 4.68 Å². The van der Waals surface area contributed by atoms with E-state index in [1.165, 1.54) is 5.56 Å². The van der Waals surface area contributed by atoms with Crippen molar-refractivity contribution in [1.29, 1.82) is 0 Å². The molecule has 0 atom stereocenters. The molecule has 3 heterocycles. The Labute approximate surface area is 93.1 Å². The fourth-order valence-corrected chi connectivity index (χ4v) is 1.83. The van der Waals surface area contributed by atoms with Crippen LogP contribution in [0.5, 0.6) is 0 Å². The van der Waals surface area contributed by atoms with E-state index in [2.05, 4.69) is 29.3 Å². The van der Waals surface area contributed by atoms with Crippen molar-refractivity contribution in [1.82, 2.24) is 19.4 Å². The lowest BCUT2D eigenvalue weighted by Crippen LogP contribution is -1.91. The molecule has 0 unspecified atom stereocenters. The summed E-state index contributed by atoms with van der Waals surface area (Å²) < 4.78 is 3.69. The summed E-state index contributed by atoms with van der Waals surface area (Å²) in [4.78, 5) is 0. The zero-order chi connectivity index (χ0) is 11.1. The molecule has 4 heteroatoms. The van der Waals surface area contributed by atoms with E-state index in [1.54, 1.807) is 4.68 Å². The van der Waals surface area contributed by atoms with Crippen LogP contribution in [-0.2, 0) is 7.05 Å². The molecule has 4 nitrogen and oxygen atoms in total. The molecule has 3 aromatic heterocycles. The Morgan fingerprint density at radius 1 is 1.19 bits per heavy atom. The first-order chi connectivity index (χ1) is 7.74. The Bertz CT molecular complexity index is 648. The Kier molecular flexibility index (Phi) is 1.83. The Hall–Kier alpha value is -2.10. The lowest BCUT2D eigenvalue weighted by molar-refractivity contribution is 0.770. The van der Waals surface area contributed by atoms with Gasteiger partial charge in [-0.15, -0.1) is 0 Å². The summed E-state index contributed by atoms with van der Waals surface area (Å²) in [7, 11) is 1.92. The van der Waals surface area contributed by atoms with Crippen LogP contribution in [0, 0.1) is 6.92 Å². The van der Waals surface area contributed by atoms with Crippen molar-refractivity contribution in [3.05, 3.63) is 42.4 Å². The highest BCUT2D eigenvalue weighted by molar-refractivity contribution is 5.63. The topological polar surface area (TPSA) is 35.1 Å². The normalized spacial score (nSPS) is 11.1. The van der Waals surface area contributed by atoms with Crippen LogP contribution in [0.4, 0.5) is 0 Å². The van der Waals surface area contributed by atoms with E-state index in [0.717, 1.165) is 16.8 Å². The van der Waals surface area contributed by atoms with Gasteiger partial charge in [0.15, 0.2) is 0 Å². The molecule has 0 aliphatic rings. The standard InChI is InChI=1S/C12H12N4/c1-9-7-13-16-8-10(3-4-12(9)16)11-5-6-15(2)14-11/h3-8H,1-2H3. The van der Waals surface area contributed by atoms with Crippen molar-refractivity contribution in [2.75, 3.05) is 0 Å². The van der Waals surface area contributed by atoms with E-state index in [-0.39, 0.29) is 0 Å². The van der Waals surface area contributed by atoms with Gasteiger partial charge in [-0.05, 0) is 30.7 Å². The molecule has 0 radical (unpaired) electrons. The summed E-state index contributed by atoms with van der Waals surface area (Å²) in [6, 6.07) is 6.15. The smallest absolute Gasteiger partial charge is 0.0938 e. The predicted molar refractivity (Wildman–Crippen MR) is 62.1 cm³/mol. The van der Waals surface area contributed by atoms with Crippen LogP contribution in [0.3, 0.4) is 0 Å². The highest BCUT2D eigenvalue weighted by Crippen LogP contribution is 2.18. The van der Waals surface area contributed by atoms with E-state index in [0.29, 0.717) is 0 Å². The molecule has 80 valence electrons. The quantitative estimate of drug-likeness (QED) is 0.618. The lowest BCUT2D eigenvalue weighted by atomic mass is 10.2. The average Bonchev–Trinajstić information content (AvgIpc) is 2.86. The van der Waals surface area contributed by atoms with Gasteiger partial charge in [0.25, 0.3) is 0 Å². The second-order valence-electron chi connectivity index (χ2n) is 3.95. The van der Waals surface area contributed by atoms with Gasteiger partial charge in [-0.25, -0.2) is 4.52 Å². The first-order valence-corrected chi connectivity index (χ1v) is 5.18. The molecule has 0 aromatic carbocycles. The molecule has 0 aliphatic heterocycles. The van der Waals surface area contributed by atoms with Crippen LogP contribution in [0.25, 0.3) is 16.8 Å². The van der Waals surface area contributed by atoms with Crippen LogP contribution in [0.15, 0.2) is 36.8 Å². The summed E-state index contributed by atoms with van der Waals surface area (Å²) in [5, 5.41) is 8.66. The van der Waals surface area contributed by atoms with Crippen molar-refractivity contribution in [3.63, 3.8) is 0 Å². The summed E-state index contributed by atoms with van der Waals surface area (Å²) in [5.41, 5.74) is 4.38. The number of aromatic nitrogens is 4. The van der Waals surface area contributed by atoms with E-state index >= 15 is 0 Å². The third-order valence-corrected chi connectivity index (χ3v) is 2.72. The largest absolute Gasteiger partial charge is 0.275 e. The van der Waals surface area contributed by atoms with Gasteiger partial charge in [0.1, 0.15) is 0 Å². The highest BCUT2D eigenvalue weighted by atomic mass is 15.3. The first kappa shape index (κ1) is 9.15. The molecule has 0 fully saturated rings. The summed E-state index contributed by atoms with van der Waals surface area (Å²) >= 11 is 0. The highest BCUT2D eigenvalue weighted by Gasteiger charge is 2.04. The van der Waals surface area contributed by atoms with Crippen molar-refractivity contribution >= 4 is 5.52 Å². The van der Waals surface area contributed by atoms with Gasteiger partial charge in [-0.2, -0.15) is 10.2 Å². The minimum absolute atomic E-state index is 0.970. The molecule has 0 amide bonds. The SMILES string of the molecule is Cc1cnn2cc(-c3ccn(C)n3)ccc12. The van der Waals surface area contributed by atoms with Crippen LogP contribution < -0.4 is 0 Å². The van der Waals surface area contributed by atoms with Crippen molar-refractivity contribution in [2.24, 2.45) is 7.05 Å². The lowest BCUT2D eigenvalue weighted by Gasteiger charge is -1.99. The first-order valence-electron chi connectivity index (χ1n) is 5.18. The van der Waals surface area contributed by atoms with Crippen LogP contribution >= 0.6 is 0 Å². The zero-order valence-electron chi connectivity index (χ0n) is 9.25. The van der Waals surface area contributed by atoms with Gasteiger partial charge in [-0.1, -0.05) is 0 Å². The van der Waals surface area contributed by atoms with Gasteiger partial charge in [0, 0.05) is 25.0 Å². The zero-order valence-corrected chi connectivity index (χ0v) is 9.25. The number of rotatable bonds is 1. The van der Waals surface area contributed by atoms with Crippen LogP contribution in [0.2, 0.25) is 0 Å². The van der Waals surface area contributed by atoms with E-state index in [9.17, 15) is 0 Å². The molecular formula is C12H12N4. The molecule has 0 saturated heterocycles. The minimum atomic E-state index is 0.970. The number of fused-ring (bicyclic) bond motifs is 1. The molecule has 0 bridgehead atoms. The third-order valence-electron chi connectivity index (χ3n) is 2.72.